The minimum absolute atomic E-state index is 1.25. The van der Waals surface area contributed by atoms with Gasteiger partial charge in [0.1, 0.15) is 0 Å². The topological polar surface area (TPSA) is 0 Å². The van der Waals surface area contributed by atoms with Gasteiger partial charge in [0.2, 0.25) is 0 Å². The lowest BCUT2D eigenvalue weighted by atomic mass is 10.0. The summed E-state index contributed by atoms with van der Waals surface area (Å²) in [5.41, 5.74) is 2.81. The molecular weight excluding hydrogens is 192 g/mol. The maximum Gasteiger partial charge on any atom is -0.0124 e. The largest absolute Gasteiger partial charge is 0.0654 e. The highest BCUT2D eigenvalue weighted by atomic mass is 14.0. The molecule has 0 saturated carbocycles. The number of unbranched alkanes of at least 4 members (excludes halogenated alkanes) is 5. The predicted octanol–water partition coefficient (Wildman–Crippen LogP) is 5.16. The average molecular weight is 217 g/mol. The summed E-state index contributed by atoms with van der Waals surface area (Å²) in [7, 11) is 0. The molecule has 0 aliphatic heterocycles. The minimum atomic E-state index is 1.25. The molecule has 0 spiro atoms. The molecule has 0 amide bonds. The summed E-state index contributed by atoms with van der Waals surface area (Å²) in [5.74, 6) is 0. The van der Waals surface area contributed by atoms with Gasteiger partial charge in [-0.2, -0.15) is 0 Å². The number of benzene rings is 1. The van der Waals surface area contributed by atoms with Crippen LogP contribution >= 0.6 is 0 Å². The van der Waals surface area contributed by atoms with E-state index in [-0.39, 0.29) is 0 Å². The van der Waals surface area contributed by atoms with Crippen molar-refractivity contribution in [2.75, 3.05) is 0 Å². The molecule has 0 heteroatoms. The van der Waals surface area contributed by atoms with Crippen LogP contribution in [0.2, 0.25) is 0 Å². The van der Waals surface area contributed by atoms with Crippen LogP contribution in [0.3, 0.4) is 0 Å². The van der Waals surface area contributed by atoms with Gasteiger partial charge in [-0.3, -0.25) is 0 Å². The fourth-order valence-electron chi connectivity index (χ4n) is 1.99. The average Bonchev–Trinajstić information content (AvgIpc) is 2.34. The Balaban J connectivity index is 2.12. The van der Waals surface area contributed by atoms with Crippen LogP contribution in [-0.4, -0.2) is 0 Å². The Bertz CT molecular complexity index is 258. The molecule has 0 bridgehead atoms. The summed E-state index contributed by atoms with van der Waals surface area (Å²) in [6.45, 7) is 4.36. The SMILES string of the molecule is C[CH]c1ccc(CCCCCCCC)cc1. The Labute approximate surface area is 101 Å². The van der Waals surface area contributed by atoms with Crippen molar-refractivity contribution in [2.45, 2.75) is 58.8 Å². The number of rotatable bonds is 8. The summed E-state index contributed by atoms with van der Waals surface area (Å²) in [6, 6.07) is 8.96. The molecule has 1 aromatic carbocycles. The highest BCUT2D eigenvalue weighted by Crippen LogP contribution is 2.11. The van der Waals surface area contributed by atoms with Crippen molar-refractivity contribution >= 4 is 0 Å². The van der Waals surface area contributed by atoms with E-state index in [0.29, 0.717) is 0 Å². The molecule has 0 aliphatic rings. The third kappa shape index (κ3) is 5.34. The maximum atomic E-state index is 2.27. The van der Waals surface area contributed by atoms with Gasteiger partial charge in [-0.05, 0) is 30.4 Å². The Kier molecular flexibility index (Phi) is 6.96. The number of hydrogen-bond donors (Lipinski definition) is 0. The van der Waals surface area contributed by atoms with Crippen LogP contribution < -0.4 is 0 Å². The lowest BCUT2D eigenvalue weighted by Crippen LogP contribution is -1.87. The van der Waals surface area contributed by atoms with Crippen molar-refractivity contribution in [1.82, 2.24) is 0 Å². The molecule has 0 heterocycles. The molecule has 89 valence electrons. The van der Waals surface area contributed by atoms with Crippen LogP contribution in [0.1, 0.15) is 63.5 Å². The quantitative estimate of drug-likeness (QED) is 0.527. The second-order valence-electron chi connectivity index (χ2n) is 4.55. The number of aryl methyl sites for hydroxylation is 1. The summed E-state index contributed by atoms with van der Waals surface area (Å²) in [5, 5.41) is 0. The highest BCUT2D eigenvalue weighted by Gasteiger charge is 1.94. The summed E-state index contributed by atoms with van der Waals surface area (Å²) in [6.07, 6.45) is 11.7. The van der Waals surface area contributed by atoms with Gasteiger partial charge in [0, 0.05) is 0 Å². The van der Waals surface area contributed by atoms with Gasteiger partial charge >= 0.3 is 0 Å². The summed E-state index contributed by atoms with van der Waals surface area (Å²) in [4.78, 5) is 0. The minimum Gasteiger partial charge on any atom is -0.0654 e. The fourth-order valence-corrected chi connectivity index (χ4v) is 1.99. The molecule has 0 nitrogen and oxygen atoms in total. The van der Waals surface area contributed by atoms with Crippen molar-refractivity contribution in [3.8, 4) is 0 Å². The van der Waals surface area contributed by atoms with Crippen LogP contribution in [0.4, 0.5) is 0 Å². The molecule has 0 atom stereocenters. The van der Waals surface area contributed by atoms with E-state index in [0.717, 1.165) is 0 Å². The third-order valence-electron chi connectivity index (χ3n) is 3.13. The molecule has 1 radical (unpaired) electrons. The Morgan fingerprint density at radius 1 is 0.875 bits per heavy atom. The van der Waals surface area contributed by atoms with Gasteiger partial charge in [0.15, 0.2) is 0 Å². The summed E-state index contributed by atoms with van der Waals surface area (Å²) < 4.78 is 0. The van der Waals surface area contributed by atoms with E-state index < -0.39 is 0 Å². The van der Waals surface area contributed by atoms with Gasteiger partial charge in [-0.15, -0.1) is 0 Å². The zero-order valence-electron chi connectivity index (χ0n) is 10.8. The van der Waals surface area contributed by atoms with E-state index in [1.807, 2.05) is 0 Å². The molecule has 16 heavy (non-hydrogen) atoms. The first kappa shape index (κ1) is 13.3. The molecule has 0 unspecified atom stereocenters. The van der Waals surface area contributed by atoms with Crippen molar-refractivity contribution in [2.24, 2.45) is 0 Å². The lowest BCUT2D eigenvalue weighted by Gasteiger charge is -2.03. The maximum absolute atomic E-state index is 2.27. The van der Waals surface area contributed by atoms with Gasteiger partial charge < -0.3 is 0 Å². The van der Waals surface area contributed by atoms with E-state index >= 15 is 0 Å². The predicted molar refractivity (Wildman–Crippen MR) is 72.6 cm³/mol. The van der Waals surface area contributed by atoms with E-state index in [1.165, 1.54) is 56.1 Å². The van der Waals surface area contributed by atoms with Crippen molar-refractivity contribution in [3.05, 3.63) is 41.8 Å². The van der Waals surface area contributed by atoms with E-state index in [2.05, 4.69) is 44.5 Å². The molecule has 1 aromatic rings. The van der Waals surface area contributed by atoms with Crippen LogP contribution in [0.15, 0.2) is 24.3 Å². The Hall–Kier alpha value is -0.780. The van der Waals surface area contributed by atoms with Crippen LogP contribution in [-0.2, 0) is 6.42 Å². The van der Waals surface area contributed by atoms with Crippen LogP contribution in [0.25, 0.3) is 0 Å². The fraction of sp³-hybridized carbons (Fsp3) is 0.562. The zero-order chi connectivity index (χ0) is 11.6. The monoisotopic (exact) mass is 217 g/mol. The molecule has 0 fully saturated rings. The highest BCUT2D eigenvalue weighted by molar-refractivity contribution is 5.26. The van der Waals surface area contributed by atoms with Gasteiger partial charge in [0.25, 0.3) is 0 Å². The summed E-state index contributed by atoms with van der Waals surface area (Å²) >= 11 is 0. The Morgan fingerprint density at radius 2 is 1.50 bits per heavy atom. The van der Waals surface area contributed by atoms with Crippen molar-refractivity contribution in [1.29, 1.82) is 0 Å². The standard InChI is InChI=1S/C16H25/c1-3-5-6-7-8-9-10-16-13-11-15(4-2)12-14-16/h4,11-14H,3,5-10H2,1-2H3. The first-order chi connectivity index (χ1) is 7.86. The van der Waals surface area contributed by atoms with Crippen molar-refractivity contribution in [3.63, 3.8) is 0 Å². The van der Waals surface area contributed by atoms with E-state index in [4.69, 9.17) is 0 Å². The van der Waals surface area contributed by atoms with E-state index in [9.17, 15) is 0 Å². The second-order valence-corrected chi connectivity index (χ2v) is 4.55. The Morgan fingerprint density at radius 3 is 2.12 bits per heavy atom. The van der Waals surface area contributed by atoms with E-state index in [1.54, 1.807) is 0 Å². The van der Waals surface area contributed by atoms with Gasteiger partial charge in [0.05, 0.1) is 0 Å². The molecule has 0 saturated heterocycles. The van der Waals surface area contributed by atoms with Crippen LogP contribution in [0, 0.1) is 6.42 Å². The van der Waals surface area contributed by atoms with Gasteiger partial charge in [-0.1, -0.05) is 70.2 Å². The van der Waals surface area contributed by atoms with Crippen molar-refractivity contribution < 1.29 is 0 Å². The van der Waals surface area contributed by atoms with Gasteiger partial charge in [-0.25, -0.2) is 0 Å². The molecule has 0 N–H and O–H groups in total. The zero-order valence-corrected chi connectivity index (χ0v) is 10.8. The molecular formula is C16H25. The normalized spacial score (nSPS) is 10.6. The third-order valence-corrected chi connectivity index (χ3v) is 3.13. The first-order valence-electron chi connectivity index (χ1n) is 6.75. The molecule has 1 rings (SSSR count). The molecule has 0 aliphatic carbocycles. The number of hydrogen-bond acceptors (Lipinski definition) is 0. The smallest absolute Gasteiger partial charge is 0.0124 e. The first-order valence-corrected chi connectivity index (χ1v) is 6.75. The van der Waals surface area contributed by atoms with Crippen LogP contribution in [0.5, 0.6) is 0 Å². The second kappa shape index (κ2) is 8.38. The lowest BCUT2D eigenvalue weighted by molar-refractivity contribution is 0.607. The molecule has 0 aromatic heterocycles.